The Bertz CT molecular complexity index is 463. The molecule has 0 aliphatic heterocycles. The molecule has 24 heavy (non-hydrogen) atoms. The van der Waals surface area contributed by atoms with Crippen molar-refractivity contribution in [1.82, 2.24) is 4.90 Å². The molecule has 0 saturated heterocycles. The third-order valence-electron chi connectivity index (χ3n) is 4.53. The van der Waals surface area contributed by atoms with Crippen molar-refractivity contribution >= 4 is 0 Å². The first-order valence-corrected chi connectivity index (χ1v) is 9.96. The fourth-order valence-electron chi connectivity index (χ4n) is 2.86. The summed E-state index contributed by atoms with van der Waals surface area (Å²) >= 11 is 0. The average molecular weight is 328 g/mol. The summed E-state index contributed by atoms with van der Waals surface area (Å²) in [7, 11) is 2.18. The van der Waals surface area contributed by atoms with E-state index in [4.69, 9.17) is 0 Å². The summed E-state index contributed by atoms with van der Waals surface area (Å²) in [6, 6.07) is 8.45. The Balaban J connectivity index is 1.97. The molecule has 1 aromatic rings. The van der Waals surface area contributed by atoms with E-state index in [1.807, 2.05) is 0 Å². The molecular formula is C23H37N. The minimum absolute atomic E-state index is 0.866. The van der Waals surface area contributed by atoms with Crippen molar-refractivity contribution in [3.8, 4) is 11.8 Å². The summed E-state index contributed by atoms with van der Waals surface area (Å²) in [5, 5.41) is 0. The maximum Gasteiger partial charge on any atom is 0.0602 e. The first kappa shape index (κ1) is 20.8. The molecule has 0 radical (unpaired) electrons. The summed E-state index contributed by atoms with van der Waals surface area (Å²) in [5.74, 6) is 6.53. The highest BCUT2D eigenvalue weighted by molar-refractivity contribution is 5.35. The minimum atomic E-state index is 0.866. The van der Waals surface area contributed by atoms with Gasteiger partial charge in [0.05, 0.1) is 6.54 Å². The second-order valence-corrected chi connectivity index (χ2v) is 7.09. The van der Waals surface area contributed by atoms with Gasteiger partial charge in [-0.25, -0.2) is 0 Å². The van der Waals surface area contributed by atoms with Crippen LogP contribution in [0, 0.1) is 18.8 Å². The smallest absolute Gasteiger partial charge is 0.0602 e. The molecule has 0 fully saturated rings. The lowest BCUT2D eigenvalue weighted by Crippen LogP contribution is -2.19. The maximum atomic E-state index is 3.28. The van der Waals surface area contributed by atoms with Crippen LogP contribution < -0.4 is 0 Å². The molecule has 1 nitrogen and oxygen atoms in total. The zero-order chi connectivity index (χ0) is 17.5. The molecule has 1 heteroatoms. The van der Waals surface area contributed by atoms with E-state index in [1.165, 1.54) is 76.3 Å². The van der Waals surface area contributed by atoms with E-state index in [0.29, 0.717) is 0 Å². The molecule has 0 bridgehead atoms. The third-order valence-corrected chi connectivity index (χ3v) is 4.53. The van der Waals surface area contributed by atoms with Crippen LogP contribution in [0.4, 0.5) is 0 Å². The normalized spacial score (nSPS) is 10.7. The Hall–Kier alpha value is -1.26. The van der Waals surface area contributed by atoms with Gasteiger partial charge in [-0.2, -0.15) is 0 Å². The van der Waals surface area contributed by atoms with E-state index < -0.39 is 0 Å². The molecular weight excluding hydrogens is 290 g/mol. The molecule has 1 rings (SSSR count). The van der Waals surface area contributed by atoms with Crippen LogP contribution in [-0.2, 0) is 0 Å². The SMILES string of the molecule is CCCCCCCCCCCCN(C)CC#Cc1ccc(C)cc1. The average Bonchev–Trinajstić information content (AvgIpc) is 2.58. The standard InChI is InChI=1S/C23H37N/c1-4-5-6-7-8-9-10-11-12-13-20-24(3)21-14-15-23-18-16-22(2)17-19-23/h16-19H,4-13,20-21H2,1-3H3. The van der Waals surface area contributed by atoms with Gasteiger partial charge in [0.1, 0.15) is 0 Å². The van der Waals surface area contributed by atoms with Crippen molar-refractivity contribution < 1.29 is 0 Å². The van der Waals surface area contributed by atoms with E-state index in [9.17, 15) is 0 Å². The molecule has 0 spiro atoms. The summed E-state index contributed by atoms with van der Waals surface area (Å²) in [6.45, 7) is 6.42. The van der Waals surface area contributed by atoms with Crippen LogP contribution in [0.15, 0.2) is 24.3 Å². The lowest BCUT2D eigenvalue weighted by atomic mass is 10.1. The van der Waals surface area contributed by atoms with E-state index in [1.54, 1.807) is 0 Å². The largest absolute Gasteiger partial charge is 0.295 e. The summed E-state index contributed by atoms with van der Waals surface area (Å²) in [5.41, 5.74) is 2.41. The van der Waals surface area contributed by atoms with Crippen LogP contribution in [0.3, 0.4) is 0 Å². The predicted molar refractivity (Wildman–Crippen MR) is 107 cm³/mol. The van der Waals surface area contributed by atoms with Gasteiger partial charge in [0.25, 0.3) is 0 Å². The summed E-state index contributed by atoms with van der Waals surface area (Å²) in [4.78, 5) is 2.34. The van der Waals surface area contributed by atoms with Crippen molar-refractivity contribution in [2.24, 2.45) is 0 Å². The van der Waals surface area contributed by atoms with Crippen LogP contribution in [-0.4, -0.2) is 25.0 Å². The van der Waals surface area contributed by atoms with E-state index in [-0.39, 0.29) is 0 Å². The predicted octanol–water partition coefficient (Wildman–Crippen LogP) is 6.20. The molecule has 1 aromatic carbocycles. The Morgan fingerprint density at radius 1 is 0.792 bits per heavy atom. The highest BCUT2D eigenvalue weighted by atomic mass is 15.1. The van der Waals surface area contributed by atoms with Gasteiger partial charge in [0, 0.05) is 5.56 Å². The van der Waals surface area contributed by atoms with Gasteiger partial charge in [0.2, 0.25) is 0 Å². The highest BCUT2D eigenvalue weighted by Crippen LogP contribution is 2.10. The second-order valence-electron chi connectivity index (χ2n) is 7.09. The number of hydrogen-bond donors (Lipinski definition) is 0. The molecule has 0 amide bonds. The lowest BCUT2D eigenvalue weighted by molar-refractivity contribution is 0.360. The number of hydrogen-bond acceptors (Lipinski definition) is 1. The Morgan fingerprint density at radius 2 is 1.33 bits per heavy atom. The number of aryl methyl sites for hydroxylation is 1. The third kappa shape index (κ3) is 11.3. The topological polar surface area (TPSA) is 3.24 Å². The van der Waals surface area contributed by atoms with Crippen LogP contribution >= 0.6 is 0 Å². The molecule has 0 N–H and O–H groups in total. The summed E-state index contributed by atoms with van der Waals surface area (Å²) < 4.78 is 0. The lowest BCUT2D eigenvalue weighted by Gasteiger charge is -2.12. The van der Waals surface area contributed by atoms with Crippen LogP contribution in [0.2, 0.25) is 0 Å². The zero-order valence-electron chi connectivity index (χ0n) is 16.2. The van der Waals surface area contributed by atoms with E-state index in [2.05, 4.69) is 61.9 Å². The first-order chi connectivity index (χ1) is 11.7. The maximum absolute atomic E-state index is 3.28. The molecule has 0 saturated carbocycles. The Kier molecular flexibility index (Phi) is 12.2. The van der Waals surface area contributed by atoms with Gasteiger partial charge >= 0.3 is 0 Å². The van der Waals surface area contributed by atoms with Crippen molar-refractivity contribution in [2.75, 3.05) is 20.1 Å². The van der Waals surface area contributed by atoms with Gasteiger partial charge in [-0.05, 0) is 39.1 Å². The minimum Gasteiger partial charge on any atom is -0.295 e. The number of unbranched alkanes of at least 4 members (excludes halogenated alkanes) is 9. The van der Waals surface area contributed by atoms with Gasteiger partial charge in [-0.3, -0.25) is 4.90 Å². The van der Waals surface area contributed by atoms with Gasteiger partial charge in [-0.15, -0.1) is 0 Å². The van der Waals surface area contributed by atoms with Crippen molar-refractivity contribution in [3.63, 3.8) is 0 Å². The zero-order valence-corrected chi connectivity index (χ0v) is 16.2. The molecule has 0 atom stereocenters. The number of benzene rings is 1. The number of rotatable bonds is 12. The van der Waals surface area contributed by atoms with E-state index in [0.717, 1.165) is 12.1 Å². The van der Waals surface area contributed by atoms with Gasteiger partial charge in [-0.1, -0.05) is 94.2 Å². The molecule has 0 aliphatic rings. The monoisotopic (exact) mass is 327 g/mol. The molecule has 0 aliphatic carbocycles. The molecule has 0 heterocycles. The molecule has 134 valence electrons. The molecule has 0 aromatic heterocycles. The first-order valence-electron chi connectivity index (χ1n) is 9.96. The van der Waals surface area contributed by atoms with Crippen molar-refractivity contribution in [3.05, 3.63) is 35.4 Å². The van der Waals surface area contributed by atoms with Gasteiger partial charge < -0.3 is 0 Å². The Morgan fingerprint density at radius 3 is 1.92 bits per heavy atom. The highest BCUT2D eigenvalue weighted by Gasteiger charge is 1.96. The Labute approximate surface area is 150 Å². The fraction of sp³-hybridized carbons (Fsp3) is 0.652. The summed E-state index contributed by atoms with van der Waals surface area (Å²) in [6.07, 6.45) is 14.0. The van der Waals surface area contributed by atoms with Crippen LogP contribution in [0.25, 0.3) is 0 Å². The van der Waals surface area contributed by atoms with Crippen LogP contribution in [0.5, 0.6) is 0 Å². The number of nitrogens with zero attached hydrogens (tertiary/aromatic N) is 1. The van der Waals surface area contributed by atoms with Crippen LogP contribution in [0.1, 0.15) is 82.3 Å². The van der Waals surface area contributed by atoms with E-state index >= 15 is 0 Å². The molecule has 0 unspecified atom stereocenters. The van der Waals surface area contributed by atoms with Crippen molar-refractivity contribution in [1.29, 1.82) is 0 Å². The van der Waals surface area contributed by atoms with Gasteiger partial charge in [0.15, 0.2) is 0 Å². The second kappa shape index (κ2) is 14.1. The fourth-order valence-corrected chi connectivity index (χ4v) is 2.86. The van der Waals surface area contributed by atoms with Crippen molar-refractivity contribution in [2.45, 2.75) is 78.1 Å². The quantitative estimate of drug-likeness (QED) is 0.326.